The summed E-state index contributed by atoms with van der Waals surface area (Å²) >= 11 is 0. The van der Waals surface area contributed by atoms with E-state index in [4.69, 9.17) is 14.3 Å². The Balaban J connectivity index is 2.03. The van der Waals surface area contributed by atoms with Gasteiger partial charge in [0.1, 0.15) is 11.5 Å². The van der Waals surface area contributed by atoms with Gasteiger partial charge in [-0.15, -0.1) is 0 Å². The van der Waals surface area contributed by atoms with Gasteiger partial charge in [0.05, 0.1) is 18.7 Å². The second-order valence-electron chi connectivity index (χ2n) is 4.98. The average Bonchev–Trinajstić information content (AvgIpc) is 2.99. The van der Waals surface area contributed by atoms with E-state index < -0.39 is 5.97 Å². The van der Waals surface area contributed by atoms with E-state index in [1.165, 1.54) is 16.7 Å². The molecule has 0 radical (unpaired) electrons. The minimum absolute atomic E-state index is 0.146. The van der Waals surface area contributed by atoms with Gasteiger partial charge in [-0.3, -0.25) is 4.79 Å². The van der Waals surface area contributed by atoms with Crippen molar-refractivity contribution in [2.24, 2.45) is 0 Å². The van der Waals surface area contributed by atoms with Crippen molar-refractivity contribution in [3.8, 4) is 5.75 Å². The Kier molecular flexibility index (Phi) is 3.89. The highest BCUT2D eigenvalue weighted by Gasteiger charge is 2.11. The Morgan fingerprint density at radius 2 is 2.04 bits per heavy atom. The fourth-order valence-corrected chi connectivity index (χ4v) is 2.43. The summed E-state index contributed by atoms with van der Waals surface area (Å²) in [5, 5.41) is 9.76. The van der Waals surface area contributed by atoms with Gasteiger partial charge in [-0.05, 0) is 43.3 Å². The molecule has 0 saturated heterocycles. The zero-order valence-electron chi connectivity index (χ0n) is 12.5. The number of hydrogen-bond donors (Lipinski definition) is 1. The number of benzene rings is 1. The number of aromatic carboxylic acids is 1. The molecule has 0 atom stereocenters. The quantitative estimate of drug-likeness (QED) is 0.783. The molecule has 118 valence electrons. The molecule has 3 aromatic rings. The van der Waals surface area contributed by atoms with Crippen LogP contribution < -0.4 is 10.3 Å². The van der Waals surface area contributed by atoms with Crippen LogP contribution in [0.25, 0.3) is 10.9 Å². The number of fused-ring (bicyclic) bond motifs is 1. The normalized spacial score (nSPS) is 10.8. The average molecular weight is 313 g/mol. The third-order valence-corrected chi connectivity index (χ3v) is 3.46. The number of nitrogens with zero attached hydrogens (tertiary/aromatic N) is 1. The molecule has 0 fully saturated rings. The van der Waals surface area contributed by atoms with Crippen molar-refractivity contribution in [3.63, 3.8) is 0 Å². The SMILES string of the molecule is CCOc1ccc2c(ccc(=O)n2Cc2ccc(C(=O)O)o2)c1. The number of ether oxygens (including phenoxy) is 1. The summed E-state index contributed by atoms with van der Waals surface area (Å²) in [5.74, 6) is -0.142. The van der Waals surface area contributed by atoms with Crippen LogP contribution in [0.3, 0.4) is 0 Å². The van der Waals surface area contributed by atoms with Gasteiger partial charge in [0, 0.05) is 11.5 Å². The molecule has 0 bridgehead atoms. The Bertz CT molecular complexity index is 922. The smallest absolute Gasteiger partial charge is 0.371 e. The lowest BCUT2D eigenvalue weighted by molar-refractivity contribution is 0.0660. The number of carbonyl (C=O) groups is 1. The van der Waals surface area contributed by atoms with Crippen molar-refractivity contribution in [1.29, 1.82) is 0 Å². The molecule has 2 heterocycles. The van der Waals surface area contributed by atoms with Gasteiger partial charge < -0.3 is 18.8 Å². The first-order valence-corrected chi connectivity index (χ1v) is 7.17. The first-order chi connectivity index (χ1) is 11.1. The summed E-state index contributed by atoms with van der Waals surface area (Å²) in [4.78, 5) is 23.0. The summed E-state index contributed by atoms with van der Waals surface area (Å²) < 4.78 is 12.2. The van der Waals surface area contributed by atoms with Gasteiger partial charge in [-0.2, -0.15) is 0 Å². The molecular formula is C17H15NO5. The molecule has 0 aliphatic heterocycles. The molecule has 6 heteroatoms. The van der Waals surface area contributed by atoms with E-state index in [-0.39, 0.29) is 17.9 Å². The van der Waals surface area contributed by atoms with Crippen molar-refractivity contribution < 1.29 is 19.1 Å². The molecule has 0 aliphatic rings. The van der Waals surface area contributed by atoms with E-state index in [1.54, 1.807) is 18.2 Å². The summed E-state index contributed by atoms with van der Waals surface area (Å²) in [6.07, 6.45) is 0. The summed E-state index contributed by atoms with van der Waals surface area (Å²) in [6, 6.07) is 11.6. The predicted molar refractivity (Wildman–Crippen MR) is 84.1 cm³/mol. The van der Waals surface area contributed by atoms with Crippen molar-refractivity contribution in [1.82, 2.24) is 4.57 Å². The zero-order chi connectivity index (χ0) is 16.4. The second kappa shape index (κ2) is 6.00. The molecule has 0 aliphatic carbocycles. The lowest BCUT2D eigenvalue weighted by atomic mass is 10.2. The van der Waals surface area contributed by atoms with E-state index in [9.17, 15) is 9.59 Å². The number of carboxylic acids is 1. The van der Waals surface area contributed by atoms with Crippen LogP contribution in [0.15, 0.2) is 51.7 Å². The number of pyridine rings is 1. The van der Waals surface area contributed by atoms with E-state index >= 15 is 0 Å². The third-order valence-electron chi connectivity index (χ3n) is 3.46. The first-order valence-electron chi connectivity index (χ1n) is 7.17. The topological polar surface area (TPSA) is 81.7 Å². The molecule has 1 N–H and O–H groups in total. The predicted octanol–water partition coefficient (Wildman–Crippen LogP) is 2.74. The Labute approximate surface area is 131 Å². The number of hydrogen-bond acceptors (Lipinski definition) is 4. The molecule has 23 heavy (non-hydrogen) atoms. The van der Waals surface area contributed by atoms with Gasteiger partial charge in [0.15, 0.2) is 0 Å². The lowest BCUT2D eigenvalue weighted by Gasteiger charge is -2.10. The van der Waals surface area contributed by atoms with E-state index in [0.717, 1.165) is 16.7 Å². The van der Waals surface area contributed by atoms with Crippen molar-refractivity contribution in [3.05, 3.63) is 64.3 Å². The van der Waals surface area contributed by atoms with Crippen LogP contribution in [-0.4, -0.2) is 22.2 Å². The summed E-state index contributed by atoms with van der Waals surface area (Å²) in [5.41, 5.74) is 0.546. The van der Waals surface area contributed by atoms with Crippen molar-refractivity contribution >= 4 is 16.9 Å². The summed E-state index contributed by atoms with van der Waals surface area (Å²) in [7, 11) is 0. The largest absolute Gasteiger partial charge is 0.494 e. The number of furan rings is 1. The second-order valence-corrected chi connectivity index (χ2v) is 4.98. The monoisotopic (exact) mass is 313 g/mol. The highest BCUT2D eigenvalue weighted by atomic mass is 16.5. The van der Waals surface area contributed by atoms with Gasteiger partial charge >= 0.3 is 5.97 Å². The first kappa shape index (κ1) is 14.9. The molecule has 6 nitrogen and oxygen atoms in total. The van der Waals surface area contributed by atoms with Crippen LogP contribution in [0.4, 0.5) is 0 Å². The minimum Gasteiger partial charge on any atom is -0.494 e. The standard InChI is InChI=1S/C17H15NO5/c1-2-22-12-4-6-14-11(9-12)3-8-16(19)18(14)10-13-5-7-15(23-13)17(20)21/h3-9H,2,10H2,1H3,(H,20,21). The maximum atomic E-state index is 12.2. The van der Waals surface area contributed by atoms with Crippen LogP contribution in [-0.2, 0) is 6.54 Å². The van der Waals surface area contributed by atoms with Crippen LogP contribution in [0.1, 0.15) is 23.2 Å². The van der Waals surface area contributed by atoms with E-state index in [2.05, 4.69) is 0 Å². The minimum atomic E-state index is -1.14. The maximum Gasteiger partial charge on any atom is 0.371 e. The Morgan fingerprint density at radius 3 is 2.74 bits per heavy atom. The van der Waals surface area contributed by atoms with Gasteiger partial charge in [0.2, 0.25) is 5.76 Å². The molecule has 0 spiro atoms. The van der Waals surface area contributed by atoms with Gasteiger partial charge in [-0.25, -0.2) is 4.79 Å². The van der Waals surface area contributed by atoms with Crippen LogP contribution >= 0.6 is 0 Å². The molecule has 0 saturated carbocycles. The molecule has 1 aromatic carbocycles. The number of aromatic nitrogens is 1. The fourth-order valence-electron chi connectivity index (χ4n) is 2.43. The lowest BCUT2D eigenvalue weighted by Crippen LogP contribution is -2.19. The van der Waals surface area contributed by atoms with E-state index in [0.29, 0.717) is 12.4 Å². The summed E-state index contributed by atoms with van der Waals surface area (Å²) in [6.45, 7) is 2.63. The van der Waals surface area contributed by atoms with Crippen molar-refractivity contribution in [2.45, 2.75) is 13.5 Å². The van der Waals surface area contributed by atoms with Gasteiger partial charge in [-0.1, -0.05) is 0 Å². The van der Waals surface area contributed by atoms with Crippen LogP contribution in [0.2, 0.25) is 0 Å². The van der Waals surface area contributed by atoms with E-state index in [1.807, 2.05) is 19.1 Å². The van der Waals surface area contributed by atoms with Crippen molar-refractivity contribution in [2.75, 3.05) is 6.61 Å². The molecule has 2 aromatic heterocycles. The maximum absolute atomic E-state index is 12.2. The number of carboxylic acid groups (broad SMARTS) is 1. The highest BCUT2D eigenvalue weighted by Crippen LogP contribution is 2.20. The highest BCUT2D eigenvalue weighted by molar-refractivity contribution is 5.84. The zero-order valence-corrected chi connectivity index (χ0v) is 12.5. The fraction of sp³-hybridized carbons (Fsp3) is 0.176. The third kappa shape index (κ3) is 2.96. The molecule has 3 rings (SSSR count). The van der Waals surface area contributed by atoms with Gasteiger partial charge in [0.25, 0.3) is 5.56 Å². The Morgan fingerprint density at radius 1 is 1.22 bits per heavy atom. The number of rotatable bonds is 5. The molecule has 0 unspecified atom stereocenters. The van der Waals surface area contributed by atoms with Crippen LogP contribution in [0.5, 0.6) is 5.75 Å². The van der Waals surface area contributed by atoms with Crippen LogP contribution in [0, 0.1) is 0 Å². The Hall–Kier alpha value is -3.02. The molecule has 0 amide bonds. The molecular weight excluding hydrogens is 298 g/mol.